The van der Waals surface area contributed by atoms with E-state index in [0.29, 0.717) is 5.92 Å². The smallest absolute Gasteiger partial charge is 0.0683 e. The SMILES string of the molecule is CC1(C)CC(Cn2ncc3cc(-c4cn[nH]c4)ccc32)C=N1. The van der Waals surface area contributed by atoms with Crippen molar-refractivity contribution in [1.82, 2.24) is 20.0 Å². The summed E-state index contributed by atoms with van der Waals surface area (Å²) in [7, 11) is 0. The fraction of sp³-hybridized carbons (Fsp3) is 0.353. The summed E-state index contributed by atoms with van der Waals surface area (Å²) in [5.74, 6) is 0.464. The molecule has 0 spiro atoms. The molecule has 0 radical (unpaired) electrons. The fourth-order valence-corrected chi connectivity index (χ4v) is 3.21. The van der Waals surface area contributed by atoms with Crippen LogP contribution < -0.4 is 0 Å². The highest BCUT2D eigenvalue weighted by Crippen LogP contribution is 2.28. The Morgan fingerprint density at radius 2 is 2.18 bits per heavy atom. The third-order valence-electron chi connectivity index (χ3n) is 4.28. The summed E-state index contributed by atoms with van der Waals surface area (Å²) in [5, 5.41) is 12.6. The number of aromatic nitrogens is 4. The molecule has 1 unspecified atom stereocenters. The van der Waals surface area contributed by atoms with Crippen molar-refractivity contribution >= 4 is 17.1 Å². The summed E-state index contributed by atoms with van der Waals surface area (Å²) in [5.41, 5.74) is 3.50. The largest absolute Gasteiger partial charge is 0.291 e. The van der Waals surface area contributed by atoms with Crippen LogP contribution >= 0.6 is 0 Å². The van der Waals surface area contributed by atoms with Gasteiger partial charge in [0.05, 0.1) is 23.4 Å². The summed E-state index contributed by atoms with van der Waals surface area (Å²) in [6, 6.07) is 6.43. The summed E-state index contributed by atoms with van der Waals surface area (Å²) in [4.78, 5) is 4.58. The second-order valence-electron chi connectivity index (χ2n) is 6.64. The lowest BCUT2D eigenvalue weighted by Crippen LogP contribution is -2.17. The molecule has 1 N–H and O–H groups in total. The van der Waals surface area contributed by atoms with Crippen LogP contribution in [0.4, 0.5) is 0 Å². The molecule has 1 aromatic carbocycles. The number of hydrogen-bond acceptors (Lipinski definition) is 3. The van der Waals surface area contributed by atoms with Crippen LogP contribution in [0.3, 0.4) is 0 Å². The number of benzene rings is 1. The number of fused-ring (bicyclic) bond motifs is 1. The van der Waals surface area contributed by atoms with E-state index in [1.165, 1.54) is 5.52 Å². The molecule has 0 saturated heterocycles. The Balaban J connectivity index is 1.62. The molecule has 0 bridgehead atoms. The van der Waals surface area contributed by atoms with Crippen molar-refractivity contribution in [2.24, 2.45) is 10.9 Å². The highest BCUT2D eigenvalue weighted by molar-refractivity contribution is 5.84. The summed E-state index contributed by atoms with van der Waals surface area (Å²) < 4.78 is 2.09. The number of H-pyrrole nitrogens is 1. The summed E-state index contributed by atoms with van der Waals surface area (Å²) >= 11 is 0. The van der Waals surface area contributed by atoms with Crippen LogP contribution in [0.15, 0.2) is 41.8 Å². The van der Waals surface area contributed by atoms with Crippen LogP contribution in [0.2, 0.25) is 0 Å². The van der Waals surface area contributed by atoms with E-state index in [2.05, 4.69) is 63.2 Å². The van der Waals surface area contributed by atoms with Gasteiger partial charge in [-0.05, 0) is 38.0 Å². The predicted molar refractivity (Wildman–Crippen MR) is 88.0 cm³/mol. The number of nitrogens with one attached hydrogen (secondary N) is 1. The molecule has 1 aliphatic heterocycles. The molecule has 0 saturated carbocycles. The van der Waals surface area contributed by atoms with Gasteiger partial charge in [0.1, 0.15) is 0 Å². The van der Waals surface area contributed by atoms with Gasteiger partial charge in [-0.1, -0.05) is 6.07 Å². The van der Waals surface area contributed by atoms with Gasteiger partial charge in [0, 0.05) is 35.8 Å². The Bertz CT molecular complexity index is 826. The minimum atomic E-state index is 0.0715. The van der Waals surface area contributed by atoms with Crippen LogP contribution in [0.5, 0.6) is 0 Å². The normalized spacial score (nSPS) is 20.0. The molecular weight excluding hydrogens is 274 g/mol. The predicted octanol–water partition coefficient (Wildman–Crippen LogP) is 3.30. The Kier molecular flexibility index (Phi) is 2.89. The zero-order chi connectivity index (χ0) is 15.2. The van der Waals surface area contributed by atoms with Gasteiger partial charge in [0.15, 0.2) is 0 Å². The first kappa shape index (κ1) is 13.2. The minimum Gasteiger partial charge on any atom is -0.291 e. The van der Waals surface area contributed by atoms with Crippen LogP contribution in [0.25, 0.3) is 22.0 Å². The van der Waals surface area contributed by atoms with E-state index in [0.717, 1.165) is 29.5 Å². The molecule has 5 nitrogen and oxygen atoms in total. The van der Waals surface area contributed by atoms with Gasteiger partial charge in [-0.15, -0.1) is 0 Å². The van der Waals surface area contributed by atoms with Crippen LogP contribution in [0, 0.1) is 5.92 Å². The first-order valence-corrected chi connectivity index (χ1v) is 7.61. The molecule has 3 heterocycles. The van der Waals surface area contributed by atoms with Gasteiger partial charge in [-0.25, -0.2) is 0 Å². The first-order chi connectivity index (χ1) is 10.6. The second-order valence-corrected chi connectivity index (χ2v) is 6.64. The van der Waals surface area contributed by atoms with Crippen molar-refractivity contribution in [1.29, 1.82) is 0 Å². The van der Waals surface area contributed by atoms with Gasteiger partial charge < -0.3 is 0 Å². The highest BCUT2D eigenvalue weighted by atomic mass is 15.3. The number of hydrogen-bond donors (Lipinski definition) is 1. The fourth-order valence-electron chi connectivity index (χ4n) is 3.21. The second kappa shape index (κ2) is 4.80. The maximum atomic E-state index is 4.58. The molecule has 112 valence electrons. The average Bonchev–Trinajstić information content (AvgIpc) is 3.20. The van der Waals surface area contributed by atoms with Crippen molar-refractivity contribution in [2.75, 3.05) is 0 Å². The van der Waals surface area contributed by atoms with Crippen molar-refractivity contribution < 1.29 is 0 Å². The molecule has 0 fully saturated rings. The molecule has 2 aromatic heterocycles. The molecule has 22 heavy (non-hydrogen) atoms. The molecule has 4 rings (SSSR count). The van der Waals surface area contributed by atoms with Crippen LogP contribution in [-0.4, -0.2) is 31.7 Å². The van der Waals surface area contributed by atoms with Crippen molar-refractivity contribution in [3.8, 4) is 11.1 Å². The number of rotatable bonds is 3. The van der Waals surface area contributed by atoms with Crippen LogP contribution in [0.1, 0.15) is 20.3 Å². The monoisotopic (exact) mass is 293 g/mol. The third kappa shape index (κ3) is 2.32. The van der Waals surface area contributed by atoms with Crippen molar-refractivity contribution in [3.63, 3.8) is 0 Å². The molecule has 3 aromatic rings. The van der Waals surface area contributed by atoms with E-state index in [9.17, 15) is 0 Å². The number of nitrogens with zero attached hydrogens (tertiary/aromatic N) is 4. The number of aromatic amines is 1. The molecule has 1 atom stereocenters. The van der Waals surface area contributed by atoms with Crippen LogP contribution in [-0.2, 0) is 6.54 Å². The molecule has 1 aliphatic rings. The minimum absolute atomic E-state index is 0.0715. The Morgan fingerprint density at radius 3 is 2.91 bits per heavy atom. The highest BCUT2D eigenvalue weighted by Gasteiger charge is 2.27. The lowest BCUT2D eigenvalue weighted by molar-refractivity contribution is 0.424. The van der Waals surface area contributed by atoms with Gasteiger partial charge in [0.25, 0.3) is 0 Å². The quantitative estimate of drug-likeness (QED) is 0.805. The zero-order valence-electron chi connectivity index (χ0n) is 12.8. The zero-order valence-corrected chi connectivity index (χ0v) is 12.8. The van der Waals surface area contributed by atoms with E-state index in [-0.39, 0.29) is 5.54 Å². The Hall–Kier alpha value is -2.43. The lowest BCUT2D eigenvalue weighted by atomic mass is 9.96. The molecule has 5 heteroatoms. The standard InChI is InChI=1S/C17H19N5/c1-17(2)6-12(7-18-17)11-22-16-4-3-13(5-14(16)10-21-22)15-8-19-20-9-15/h3-5,7-10,12H,6,11H2,1-2H3,(H,19,20). The molecule has 0 amide bonds. The lowest BCUT2D eigenvalue weighted by Gasteiger charge is -2.15. The van der Waals surface area contributed by atoms with E-state index in [1.807, 2.05) is 18.6 Å². The van der Waals surface area contributed by atoms with Gasteiger partial charge in [0.2, 0.25) is 0 Å². The molecular formula is C17H19N5. The topological polar surface area (TPSA) is 58.9 Å². The third-order valence-corrected chi connectivity index (χ3v) is 4.28. The maximum Gasteiger partial charge on any atom is 0.0683 e. The Morgan fingerprint density at radius 1 is 1.27 bits per heavy atom. The summed E-state index contributed by atoms with van der Waals surface area (Å²) in [6.45, 7) is 5.26. The average molecular weight is 293 g/mol. The van der Waals surface area contributed by atoms with E-state index < -0.39 is 0 Å². The summed E-state index contributed by atoms with van der Waals surface area (Å²) in [6.07, 6.45) is 8.86. The molecule has 0 aliphatic carbocycles. The van der Waals surface area contributed by atoms with Crippen molar-refractivity contribution in [3.05, 3.63) is 36.8 Å². The van der Waals surface area contributed by atoms with E-state index in [4.69, 9.17) is 0 Å². The Labute approximate surface area is 129 Å². The van der Waals surface area contributed by atoms with Gasteiger partial charge >= 0.3 is 0 Å². The van der Waals surface area contributed by atoms with E-state index >= 15 is 0 Å². The van der Waals surface area contributed by atoms with Gasteiger partial charge in [-0.3, -0.25) is 14.8 Å². The number of aliphatic imine (C=N–C) groups is 1. The van der Waals surface area contributed by atoms with Gasteiger partial charge in [-0.2, -0.15) is 10.2 Å². The van der Waals surface area contributed by atoms with E-state index in [1.54, 1.807) is 0 Å². The first-order valence-electron chi connectivity index (χ1n) is 7.61. The maximum absolute atomic E-state index is 4.58. The van der Waals surface area contributed by atoms with Crippen molar-refractivity contribution in [2.45, 2.75) is 32.4 Å².